The molecule has 0 bridgehead atoms. The molecule has 1 saturated heterocycles. The van der Waals surface area contributed by atoms with Crippen LogP contribution in [0.25, 0.3) is 0 Å². The van der Waals surface area contributed by atoms with Gasteiger partial charge in [-0.05, 0) is 37.6 Å². The van der Waals surface area contributed by atoms with E-state index in [2.05, 4.69) is 15.4 Å². The fourth-order valence-corrected chi connectivity index (χ4v) is 2.80. The molecule has 21 heavy (non-hydrogen) atoms. The number of benzene rings is 1. The minimum atomic E-state index is -3.58. The first kappa shape index (κ1) is 15.7. The zero-order valence-electron chi connectivity index (χ0n) is 11.6. The first-order valence-corrected chi connectivity index (χ1v) is 8.53. The third-order valence-electron chi connectivity index (χ3n) is 3.14. The maximum Gasteiger partial charge on any atom is 0.229 e. The fourth-order valence-electron chi connectivity index (χ4n) is 2.25. The summed E-state index contributed by atoms with van der Waals surface area (Å²) in [4.78, 5) is 11.9. The monoisotopic (exact) mass is 315 g/mol. The van der Waals surface area contributed by atoms with Gasteiger partial charge in [0.05, 0.1) is 11.9 Å². The molecule has 2 rings (SSSR count). The first-order chi connectivity index (χ1) is 9.83. The average Bonchev–Trinajstić information content (AvgIpc) is 2.84. The fraction of sp³-hybridized carbons (Fsp3) is 0.462. The van der Waals surface area contributed by atoms with Gasteiger partial charge in [-0.2, -0.15) is 0 Å². The number of amides is 1. The van der Waals surface area contributed by atoms with Gasteiger partial charge in [0.2, 0.25) is 15.9 Å². The van der Waals surface area contributed by atoms with Crippen LogP contribution < -0.4 is 15.4 Å². The number of rotatable bonds is 5. The molecule has 0 aromatic heterocycles. The quantitative estimate of drug-likeness (QED) is 0.764. The van der Waals surface area contributed by atoms with Gasteiger partial charge in [0.25, 0.3) is 0 Å². The number of carbonyl (C=O) groups excluding carboxylic acids is 1. The molecule has 1 fully saturated rings. The molecule has 1 aromatic carbocycles. The summed E-state index contributed by atoms with van der Waals surface area (Å²) in [6.07, 6.45) is 3.28. The second kappa shape index (κ2) is 6.40. The van der Waals surface area contributed by atoms with Gasteiger partial charge in [-0.25, -0.2) is 12.8 Å². The van der Waals surface area contributed by atoms with Crippen LogP contribution in [0.4, 0.5) is 15.8 Å². The lowest BCUT2D eigenvalue weighted by atomic mass is 10.1. The molecule has 1 aromatic rings. The molecule has 8 heteroatoms. The van der Waals surface area contributed by atoms with Crippen molar-refractivity contribution >= 4 is 27.3 Å². The van der Waals surface area contributed by atoms with E-state index in [0.717, 1.165) is 31.7 Å². The molecule has 0 radical (unpaired) electrons. The molecule has 0 saturated carbocycles. The Morgan fingerprint density at radius 2 is 2.24 bits per heavy atom. The van der Waals surface area contributed by atoms with Crippen molar-refractivity contribution in [1.82, 2.24) is 5.32 Å². The summed E-state index contributed by atoms with van der Waals surface area (Å²) in [6.45, 7) is 0.914. The zero-order chi connectivity index (χ0) is 15.5. The van der Waals surface area contributed by atoms with Crippen molar-refractivity contribution in [3.63, 3.8) is 0 Å². The minimum absolute atomic E-state index is 0.166. The van der Waals surface area contributed by atoms with Gasteiger partial charge in [0.1, 0.15) is 5.82 Å². The van der Waals surface area contributed by atoms with Crippen LogP contribution >= 0.6 is 0 Å². The van der Waals surface area contributed by atoms with Crippen LogP contribution in [0.1, 0.15) is 19.3 Å². The number of anilines is 2. The Labute approximate surface area is 123 Å². The number of hydrogen-bond acceptors (Lipinski definition) is 4. The summed E-state index contributed by atoms with van der Waals surface area (Å²) in [6, 6.07) is 3.93. The van der Waals surface area contributed by atoms with Gasteiger partial charge in [-0.3, -0.25) is 9.52 Å². The Balaban J connectivity index is 2.02. The highest BCUT2D eigenvalue weighted by atomic mass is 32.2. The Kier molecular flexibility index (Phi) is 4.79. The summed E-state index contributed by atoms with van der Waals surface area (Å²) in [7, 11) is -3.58. The molecule has 0 aliphatic carbocycles. The summed E-state index contributed by atoms with van der Waals surface area (Å²) in [5.41, 5.74) is 0.167. The summed E-state index contributed by atoms with van der Waals surface area (Å²) in [5.74, 6) is -0.887. The van der Waals surface area contributed by atoms with E-state index in [9.17, 15) is 17.6 Å². The van der Waals surface area contributed by atoms with E-state index in [4.69, 9.17) is 0 Å². The SMILES string of the molecule is CS(=O)(=O)Nc1cc(NC(=O)CC2CCCN2)ccc1F. The predicted octanol–water partition coefficient (Wildman–Crippen LogP) is 1.28. The van der Waals surface area contributed by atoms with Crippen LogP contribution in [0.15, 0.2) is 18.2 Å². The number of halogens is 1. The van der Waals surface area contributed by atoms with E-state index in [1.54, 1.807) is 0 Å². The van der Waals surface area contributed by atoms with Crippen molar-refractivity contribution in [1.29, 1.82) is 0 Å². The van der Waals surface area contributed by atoms with Crippen molar-refractivity contribution in [2.45, 2.75) is 25.3 Å². The molecule has 1 aliphatic rings. The number of carbonyl (C=O) groups is 1. The predicted molar refractivity (Wildman–Crippen MR) is 79.1 cm³/mol. The highest BCUT2D eigenvalue weighted by Crippen LogP contribution is 2.21. The summed E-state index contributed by atoms with van der Waals surface area (Å²) in [5, 5.41) is 5.85. The Morgan fingerprint density at radius 3 is 2.86 bits per heavy atom. The van der Waals surface area contributed by atoms with Gasteiger partial charge >= 0.3 is 0 Å². The van der Waals surface area contributed by atoms with Crippen LogP contribution in [0, 0.1) is 5.82 Å². The molecular weight excluding hydrogens is 297 g/mol. The van der Waals surface area contributed by atoms with Gasteiger partial charge < -0.3 is 10.6 Å². The maximum absolute atomic E-state index is 13.5. The van der Waals surface area contributed by atoms with E-state index >= 15 is 0 Å². The normalized spacial score (nSPS) is 18.5. The van der Waals surface area contributed by atoms with E-state index < -0.39 is 15.8 Å². The van der Waals surface area contributed by atoms with Crippen molar-refractivity contribution in [2.24, 2.45) is 0 Å². The molecule has 0 spiro atoms. The Bertz CT molecular complexity index is 628. The Morgan fingerprint density at radius 1 is 1.48 bits per heavy atom. The molecule has 1 atom stereocenters. The van der Waals surface area contributed by atoms with E-state index in [-0.39, 0.29) is 17.6 Å². The smallest absolute Gasteiger partial charge is 0.229 e. The Hall–Kier alpha value is -1.67. The standard InChI is InChI=1S/C13H18FN3O3S/c1-21(19,20)17-12-7-10(4-5-11(12)14)16-13(18)8-9-3-2-6-15-9/h4-5,7,9,15,17H,2-3,6,8H2,1H3,(H,16,18). The topological polar surface area (TPSA) is 87.3 Å². The van der Waals surface area contributed by atoms with Gasteiger partial charge in [0.15, 0.2) is 0 Å². The van der Waals surface area contributed by atoms with Crippen LogP contribution in [-0.2, 0) is 14.8 Å². The largest absolute Gasteiger partial charge is 0.326 e. The van der Waals surface area contributed by atoms with E-state index in [0.29, 0.717) is 12.1 Å². The lowest BCUT2D eigenvalue weighted by Crippen LogP contribution is -2.27. The molecule has 1 amide bonds. The second-order valence-electron chi connectivity index (χ2n) is 5.11. The molecule has 3 N–H and O–H groups in total. The zero-order valence-corrected chi connectivity index (χ0v) is 12.5. The van der Waals surface area contributed by atoms with Crippen molar-refractivity contribution in [3.8, 4) is 0 Å². The minimum Gasteiger partial charge on any atom is -0.326 e. The lowest BCUT2D eigenvalue weighted by molar-refractivity contribution is -0.116. The van der Waals surface area contributed by atoms with E-state index in [1.165, 1.54) is 12.1 Å². The molecular formula is C13H18FN3O3S. The number of sulfonamides is 1. The van der Waals surface area contributed by atoms with Crippen LogP contribution in [0.5, 0.6) is 0 Å². The summed E-state index contributed by atoms with van der Waals surface area (Å²) < 4.78 is 37.9. The molecule has 6 nitrogen and oxygen atoms in total. The van der Waals surface area contributed by atoms with E-state index in [1.807, 2.05) is 0 Å². The summed E-state index contributed by atoms with van der Waals surface area (Å²) >= 11 is 0. The van der Waals surface area contributed by atoms with Gasteiger partial charge in [0, 0.05) is 18.2 Å². The van der Waals surface area contributed by atoms with Gasteiger partial charge in [-0.15, -0.1) is 0 Å². The molecule has 1 heterocycles. The highest BCUT2D eigenvalue weighted by Gasteiger charge is 2.18. The van der Waals surface area contributed by atoms with Crippen molar-refractivity contribution in [3.05, 3.63) is 24.0 Å². The number of nitrogens with one attached hydrogen (secondary N) is 3. The molecule has 116 valence electrons. The molecule has 1 aliphatic heterocycles. The third kappa shape index (κ3) is 4.98. The van der Waals surface area contributed by atoms with Crippen LogP contribution in [0.2, 0.25) is 0 Å². The lowest BCUT2D eigenvalue weighted by Gasteiger charge is -2.12. The maximum atomic E-state index is 13.5. The average molecular weight is 315 g/mol. The highest BCUT2D eigenvalue weighted by molar-refractivity contribution is 7.92. The third-order valence-corrected chi connectivity index (χ3v) is 3.73. The first-order valence-electron chi connectivity index (χ1n) is 6.64. The molecule has 1 unspecified atom stereocenters. The van der Waals surface area contributed by atoms with Crippen LogP contribution in [0.3, 0.4) is 0 Å². The van der Waals surface area contributed by atoms with Crippen molar-refractivity contribution < 1.29 is 17.6 Å². The van der Waals surface area contributed by atoms with Crippen molar-refractivity contribution in [2.75, 3.05) is 22.8 Å². The number of hydrogen-bond donors (Lipinski definition) is 3. The second-order valence-corrected chi connectivity index (χ2v) is 6.86. The van der Waals surface area contributed by atoms with Gasteiger partial charge in [-0.1, -0.05) is 0 Å². The van der Waals surface area contributed by atoms with Crippen LogP contribution in [-0.4, -0.2) is 33.2 Å².